The summed E-state index contributed by atoms with van der Waals surface area (Å²) in [5.41, 5.74) is 1.87. The van der Waals surface area contributed by atoms with Crippen LogP contribution in [0.5, 0.6) is 5.75 Å². The molecule has 0 aromatic heterocycles. The second kappa shape index (κ2) is 7.66. The van der Waals surface area contributed by atoms with Gasteiger partial charge in [-0.15, -0.1) is 0 Å². The maximum atomic E-state index is 12.8. The second-order valence-electron chi connectivity index (χ2n) is 7.43. The van der Waals surface area contributed by atoms with Gasteiger partial charge in [0.2, 0.25) is 5.91 Å². The van der Waals surface area contributed by atoms with Gasteiger partial charge in [0, 0.05) is 51.3 Å². The molecule has 2 fully saturated rings. The summed E-state index contributed by atoms with van der Waals surface area (Å²) in [6.45, 7) is 5.88. The average Bonchev–Trinajstić information content (AvgIpc) is 3.16. The zero-order valence-electron chi connectivity index (χ0n) is 15.3. The van der Waals surface area contributed by atoms with Crippen molar-refractivity contribution in [3.05, 3.63) is 29.3 Å². The number of piperidine rings is 1. The molecule has 3 aliphatic heterocycles. The van der Waals surface area contributed by atoms with Crippen LogP contribution in [0.4, 0.5) is 0 Å². The van der Waals surface area contributed by atoms with E-state index in [1.807, 2.05) is 28.0 Å². The molecule has 0 saturated carbocycles. The quantitative estimate of drug-likeness (QED) is 0.820. The predicted molar refractivity (Wildman–Crippen MR) is 98.4 cm³/mol. The molecule has 2 saturated heterocycles. The minimum atomic E-state index is 0.0849. The highest BCUT2D eigenvalue weighted by atomic mass is 16.5. The lowest BCUT2D eigenvalue weighted by Gasteiger charge is -2.36. The highest BCUT2D eigenvalue weighted by Gasteiger charge is 2.26. The van der Waals surface area contributed by atoms with Crippen LogP contribution in [0.15, 0.2) is 18.2 Å². The molecule has 2 amide bonds. The van der Waals surface area contributed by atoms with Crippen LogP contribution in [0, 0.1) is 0 Å². The smallest absolute Gasteiger partial charge is 0.253 e. The van der Waals surface area contributed by atoms with Crippen molar-refractivity contribution in [2.24, 2.45) is 0 Å². The molecule has 0 aliphatic carbocycles. The number of hydrogen-bond donors (Lipinski definition) is 0. The molecule has 0 spiro atoms. The molecule has 1 aromatic carbocycles. The van der Waals surface area contributed by atoms with Crippen LogP contribution in [0.25, 0.3) is 0 Å². The largest absolute Gasteiger partial charge is 0.493 e. The van der Waals surface area contributed by atoms with Gasteiger partial charge in [-0.2, -0.15) is 0 Å². The first kappa shape index (κ1) is 17.3. The molecule has 3 heterocycles. The average molecular weight is 357 g/mol. The van der Waals surface area contributed by atoms with Crippen LogP contribution in [0.2, 0.25) is 0 Å². The first-order valence-electron chi connectivity index (χ1n) is 9.76. The Kier molecular flexibility index (Phi) is 5.11. The molecule has 0 unspecified atom stereocenters. The Labute approximate surface area is 154 Å². The Morgan fingerprint density at radius 2 is 1.69 bits per heavy atom. The van der Waals surface area contributed by atoms with Crippen LogP contribution in [-0.4, -0.2) is 78.9 Å². The van der Waals surface area contributed by atoms with Crippen molar-refractivity contribution in [1.82, 2.24) is 14.7 Å². The Hall–Kier alpha value is -2.08. The van der Waals surface area contributed by atoms with Crippen LogP contribution in [-0.2, 0) is 11.2 Å². The van der Waals surface area contributed by atoms with Gasteiger partial charge in [0.15, 0.2) is 0 Å². The summed E-state index contributed by atoms with van der Waals surface area (Å²) < 4.78 is 5.51. The summed E-state index contributed by atoms with van der Waals surface area (Å²) in [5, 5.41) is 0. The molecule has 6 heteroatoms. The number of nitrogens with zero attached hydrogens (tertiary/aromatic N) is 3. The van der Waals surface area contributed by atoms with E-state index in [1.165, 1.54) is 6.42 Å². The number of piperazine rings is 1. The van der Waals surface area contributed by atoms with Gasteiger partial charge in [-0.05, 0) is 43.0 Å². The fraction of sp³-hybridized carbons (Fsp3) is 0.600. The summed E-state index contributed by atoms with van der Waals surface area (Å²) >= 11 is 0. The molecule has 0 radical (unpaired) electrons. The van der Waals surface area contributed by atoms with Crippen molar-refractivity contribution in [2.45, 2.75) is 25.7 Å². The van der Waals surface area contributed by atoms with Crippen LogP contribution in [0.3, 0.4) is 0 Å². The number of hydrogen-bond acceptors (Lipinski definition) is 4. The molecule has 0 bridgehead atoms. The Bertz CT molecular complexity index is 677. The lowest BCUT2D eigenvalue weighted by Crippen LogP contribution is -2.52. The summed E-state index contributed by atoms with van der Waals surface area (Å²) in [4.78, 5) is 31.2. The van der Waals surface area contributed by atoms with Gasteiger partial charge < -0.3 is 14.5 Å². The standard InChI is InChI=1S/C20H27N3O3/c24-19(22-7-2-1-3-8-22)15-21-9-11-23(12-10-21)20(25)17-4-5-18-16(14-17)6-13-26-18/h4-5,14H,1-3,6-13,15H2. The Balaban J connectivity index is 1.29. The molecule has 0 atom stereocenters. The Morgan fingerprint density at radius 3 is 2.46 bits per heavy atom. The lowest BCUT2D eigenvalue weighted by molar-refractivity contribution is -0.133. The molecular weight excluding hydrogens is 330 g/mol. The van der Waals surface area contributed by atoms with Gasteiger partial charge in [0.05, 0.1) is 13.2 Å². The van der Waals surface area contributed by atoms with E-state index in [1.54, 1.807) is 0 Å². The third-order valence-corrected chi connectivity index (χ3v) is 5.66. The van der Waals surface area contributed by atoms with Crippen molar-refractivity contribution in [3.8, 4) is 5.75 Å². The zero-order chi connectivity index (χ0) is 17.9. The molecule has 26 heavy (non-hydrogen) atoms. The van der Waals surface area contributed by atoms with Gasteiger partial charge in [0.1, 0.15) is 5.75 Å². The van der Waals surface area contributed by atoms with Crippen molar-refractivity contribution in [1.29, 1.82) is 0 Å². The number of carbonyl (C=O) groups is 2. The molecule has 0 N–H and O–H groups in total. The lowest BCUT2D eigenvalue weighted by atomic mass is 10.1. The van der Waals surface area contributed by atoms with Gasteiger partial charge in [-0.3, -0.25) is 14.5 Å². The van der Waals surface area contributed by atoms with E-state index in [0.717, 1.165) is 62.3 Å². The van der Waals surface area contributed by atoms with E-state index in [2.05, 4.69) is 4.90 Å². The maximum absolute atomic E-state index is 12.8. The highest BCUT2D eigenvalue weighted by Crippen LogP contribution is 2.26. The first-order valence-corrected chi connectivity index (χ1v) is 9.76. The van der Waals surface area contributed by atoms with Crippen molar-refractivity contribution < 1.29 is 14.3 Å². The minimum absolute atomic E-state index is 0.0849. The zero-order valence-corrected chi connectivity index (χ0v) is 15.3. The van der Waals surface area contributed by atoms with Crippen LogP contribution < -0.4 is 4.74 Å². The van der Waals surface area contributed by atoms with Crippen LogP contribution >= 0.6 is 0 Å². The third kappa shape index (κ3) is 3.70. The van der Waals surface area contributed by atoms with Crippen molar-refractivity contribution in [3.63, 3.8) is 0 Å². The monoisotopic (exact) mass is 357 g/mol. The summed E-state index contributed by atoms with van der Waals surface area (Å²) in [7, 11) is 0. The molecule has 4 rings (SSSR count). The van der Waals surface area contributed by atoms with Crippen molar-refractivity contribution >= 4 is 11.8 Å². The number of likely N-dealkylation sites (tertiary alicyclic amines) is 1. The normalized spacial score (nSPS) is 20.6. The maximum Gasteiger partial charge on any atom is 0.253 e. The van der Waals surface area contributed by atoms with Gasteiger partial charge >= 0.3 is 0 Å². The van der Waals surface area contributed by atoms with Gasteiger partial charge in [0.25, 0.3) is 5.91 Å². The fourth-order valence-corrected chi connectivity index (χ4v) is 4.05. The molecular formula is C20H27N3O3. The number of fused-ring (bicyclic) bond motifs is 1. The van der Waals surface area contributed by atoms with E-state index < -0.39 is 0 Å². The molecule has 3 aliphatic rings. The highest BCUT2D eigenvalue weighted by molar-refractivity contribution is 5.94. The molecule has 1 aromatic rings. The van der Waals surface area contributed by atoms with Crippen LogP contribution in [0.1, 0.15) is 35.2 Å². The van der Waals surface area contributed by atoms with E-state index in [-0.39, 0.29) is 11.8 Å². The van der Waals surface area contributed by atoms with E-state index in [9.17, 15) is 9.59 Å². The van der Waals surface area contributed by atoms with E-state index >= 15 is 0 Å². The van der Waals surface area contributed by atoms with E-state index in [4.69, 9.17) is 4.74 Å². The van der Waals surface area contributed by atoms with Gasteiger partial charge in [-0.1, -0.05) is 0 Å². The summed E-state index contributed by atoms with van der Waals surface area (Å²) in [5.74, 6) is 1.23. The molecule has 140 valence electrons. The second-order valence-corrected chi connectivity index (χ2v) is 7.43. The predicted octanol–water partition coefficient (Wildman–Crippen LogP) is 1.39. The third-order valence-electron chi connectivity index (χ3n) is 5.66. The topological polar surface area (TPSA) is 53.1 Å². The van der Waals surface area contributed by atoms with Gasteiger partial charge in [-0.25, -0.2) is 0 Å². The number of amides is 2. The Morgan fingerprint density at radius 1 is 0.923 bits per heavy atom. The first-order chi connectivity index (χ1) is 12.7. The van der Waals surface area contributed by atoms with Crippen molar-refractivity contribution in [2.75, 3.05) is 52.4 Å². The number of ether oxygens (including phenoxy) is 1. The summed E-state index contributed by atoms with van der Waals surface area (Å²) in [6.07, 6.45) is 4.36. The molecule has 6 nitrogen and oxygen atoms in total. The minimum Gasteiger partial charge on any atom is -0.493 e. The number of benzene rings is 1. The number of carbonyl (C=O) groups excluding carboxylic acids is 2. The summed E-state index contributed by atoms with van der Waals surface area (Å²) in [6, 6.07) is 5.73. The number of rotatable bonds is 3. The fourth-order valence-electron chi connectivity index (χ4n) is 4.05. The van der Waals surface area contributed by atoms with E-state index in [0.29, 0.717) is 26.2 Å². The SMILES string of the molecule is O=C(CN1CCN(C(=O)c2ccc3c(c2)CCO3)CC1)N1CCCCC1.